The maximum atomic E-state index is 10.7. The second kappa shape index (κ2) is 5.16. The molecule has 1 aromatic rings. The number of carbonyl (C=O) groups is 1. The van der Waals surface area contributed by atoms with E-state index in [1.165, 1.54) is 11.1 Å². The highest BCUT2D eigenvalue weighted by atomic mass is 35.5. The zero-order valence-corrected chi connectivity index (χ0v) is 9.34. The quantitative estimate of drug-likeness (QED) is 0.696. The molecule has 1 aromatic carbocycles. The molecule has 1 nitrogen and oxygen atoms in total. The largest absolute Gasteiger partial charge is 0.281 e. The van der Waals surface area contributed by atoms with E-state index in [1.54, 1.807) is 0 Å². The summed E-state index contributed by atoms with van der Waals surface area (Å²) in [7, 11) is 0. The van der Waals surface area contributed by atoms with Crippen molar-refractivity contribution in [3.8, 4) is 0 Å². The summed E-state index contributed by atoms with van der Waals surface area (Å²) in [5, 5.41) is -0.267. The molecule has 76 valence electrons. The van der Waals surface area contributed by atoms with Gasteiger partial charge in [-0.2, -0.15) is 0 Å². The van der Waals surface area contributed by atoms with Gasteiger partial charge in [-0.15, -0.1) is 0 Å². The molecule has 0 aromatic heterocycles. The Bertz CT molecular complexity index is 303. The van der Waals surface area contributed by atoms with E-state index in [2.05, 4.69) is 31.2 Å². The summed E-state index contributed by atoms with van der Waals surface area (Å²) >= 11 is 5.34. The van der Waals surface area contributed by atoms with Crippen molar-refractivity contribution in [2.75, 3.05) is 0 Å². The van der Waals surface area contributed by atoms with Gasteiger partial charge >= 0.3 is 0 Å². The van der Waals surface area contributed by atoms with Crippen molar-refractivity contribution in [3.05, 3.63) is 35.4 Å². The third kappa shape index (κ3) is 3.15. The topological polar surface area (TPSA) is 17.1 Å². The first-order valence-corrected chi connectivity index (χ1v) is 5.28. The number of hydrogen-bond donors (Lipinski definition) is 0. The maximum Gasteiger partial charge on any atom is 0.222 e. The molecule has 0 heterocycles. The minimum Gasteiger partial charge on any atom is -0.281 e. The van der Waals surface area contributed by atoms with Crippen molar-refractivity contribution in [2.24, 2.45) is 0 Å². The van der Waals surface area contributed by atoms with Gasteiger partial charge in [-0.1, -0.05) is 38.1 Å². The van der Waals surface area contributed by atoms with Gasteiger partial charge in [-0.3, -0.25) is 4.79 Å². The van der Waals surface area contributed by atoms with Crippen LogP contribution >= 0.6 is 11.6 Å². The van der Waals surface area contributed by atoms with Crippen molar-refractivity contribution >= 4 is 16.8 Å². The van der Waals surface area contributed by atoms with Gasteiger partial charge in [0.25, 0.3) is 0 Å². The number of carbonyl (C=O) groups excluding carboxylic acids is 1. The van der Waals surface area contributed by atoms with Gasteiger partial charge in [-0.05, 0) is 35.1 Å². The zero-order chi connectivity index (χ0) is 10.6. The standard InChI is InChI=1S/C12H15ClO/c1-3-10-4-6-11(7-5-10)9(2)8-12(13)14/h4-7,9H,3,8H2,1-2H3/t9-/m1/s1. The summed E-state index contributed by atoms with van der Waals surface area (Å²) in [6.45, 7) is 4.14. The van der Waals surface area contributed by atoms with Gasteiger partial charge in [0.2, 0.25) is 5.24 Å². The molecule has 0 aliphatic carbocycles. The summed E-state index contributed by atoms with van der Waals surface area (Å²) in [6.07, 6.45) is 1.45. The third-order valence-electron chi connectivity index (χ3n) is 2.42. The first kappa shape index (κ1) is 11.3. The van der Waals surface area contributed by atoms with Gasteiger partial charge in [0.15, 0.2) is 0 Å². The van der Waals surface area contributed by atoms with Crippen LogP contribution in [-0.4, -0.2) is 5.24 Å². The van der Waals surface area contributed by atoms with Crippen LogP contribution in [0.5, 0.6) is 0 Å². The van der Waals surface area contributed by atoms with E-state index < -0.39 is 0 Å². The van der Waals surface area contributed by atoms with Crippen LogP contribution in [0.15, 0.2) is 24.3 Å². The van der Waals surface area contributed by atoms with Gasteiger partial charge < -0.3 is 0 Å². The molecule has 1 rings (SSSR count). The smallest absolute Gasteiger partial charge is 0.222 e. The molecule has 0 saturated carbocycles. The Kier molecular flexibility index (Phi) is 4.15. The second-order valence-electron chi connectivity index (χ2n) is 3.56. The van der Waals surface area contributed by atoms with E-state index in [0.717, 1.165) is 6.42 Å². The second-order valence-corrected chi connectivity index (χ2v) is 3.98. The maximum absolute atomic E-state index is 10.7. The highest BCUT2D eigenvalue weighted by Crippen LogP contribution is 2.20. The number of hydrogen-bond acceptors (Lipinski definition) is 1. The predicted molar refractivity (Wildman–Crippen MR) is 59.7 cm³/mol. The molecule has 0 spiro atoms. The van der Waals surface area contributed by atoms with Crippen LogP contribution in [0.3, 0.4) is 0 Å². The number of aryl methyl sites for hydroxylation is 1. The fourth-order valence-electron chi connectivity index (χ4n) is 1.44. The summed E-state index contributed by atoms with van der Waals surface area (Å²) in [6, 6.07) is 8.35. The molecular formula is C12H15ClO. The Morgan fingerprint density at radius 1 is 1.36 bits per heavy atom. The van der Waals surface area contributed by atoms with Crippen LogP contribution in [0.25, 0.3) is 0 Å². The fourth-order valence-corrected chi connectivity index (χ4v) is 1.67. The average molecular weight is 211 g/mol. The Balaban J connectivity index is 2.71. The van der Waals surface area contributed by atoms with E-state index in [9.17, 15) is 4.79 Å². The molecule has 2 heteroatoms. The summed E-state index contributed by atoms with van der Waals surface area (Å²) < 4.78 is 0. The minimum absolute atomic E-state index is 0.214. The highest BCUT2D eigenvalue weighted by molar-refractivity contribution is 6.63. The lowest BCUT2D eigenvalue weighted by Crippen LogP contribution is -1.98. The van der Waals surface area contributed by atoms with Gasteiger partial charge in [0.1, 0.15) is 0 Å². The number of rotatable bonds is 4. The number of halogens is 1. The Morgan fingerprint density at radius 3 is 2.36 bits per heavy atom. The first-order chi connectivity index (χ1) is 6.63. The lowest BCUT2D eigenvalue weighted by atomic mass is 9.97. The molecule has 0 amide bonds. The van der Waals surface area contributed by atoms with Gasteiger partial charge in [0.05, 0.1) is 0 Å². The van der Waals surface area contributed by atoms with Gasteiger partial charge in [-0.25, -0.2) is 0 Å². The van der Waals surface area contributed by atoms with Crippen LogP contribution in [0, 0.1) is 0 Å². The summed E-state index contributed by atoms with van der Waals surface area (Å²) in [4.78, 5) is 10.7. The van der Waals surface area contributed by atoms with Crippen LogP contribution in [0.2, 0.25) is 0 Å². The molecule has 14 heavy (non-hydrogen) atoms. The van der Waals surface area contributed by atoms with Crippen molar-refractivity contribution in [1.82, 2.24) is 0 Å². The Morgan fingerprint density at radius 2 is 1.93 bits per heavy atom. The molecule has 0 bridgehead atoms. The monoisotopic (exact) mass is 210 g/mol. The molecular weight excluding hydrogens is 196 g/mol. The summed E-state index contributed by atoms with van der Waals surface area (Å²) in [5.74, 6) is 0.214. The van der Waals surface area contributed by atoms with E-state index in [1.807, 2.05) is 6.92 Å². The van der Waals surface area contributed by atoms with Crippen LogP contribution < -0.4 is 0 Å². The normalized spacial score (nSPS) is 12.5. The molecule has 0 unspecified atom stereocenters. The fraction of sp³-hybridized carbons (Fsp3) is 0.417. The Labute approximate surface area is 90.1 Å². The average Bonchev–Trinajstić information content (AvgIpc) is 2.17. The molecule has 0 N–H and O–H groups in total. The zero-order valence-electron chi connectivity index (χ0n) is 8.59. The third-order valence-corrected chi connectivity index (χ3v) is 2.58. The first-order valence-electron chi connectivity index (χ1n) is 4.90. The molecule has 0 saturated heterocycles. The molecule has 1 atom stereocenters. The van der Waals surface area contributed by atoms with Crippen LogP contribution in [0.4, 0.5) is 0 Å². The molecule has 0 radical (unpaired) electrons. The minimum atomic E-state index is -0.267. The van der Waals surface area contributed by atoms with E-state index in [-0.39, 0.29) is 11.2 Å². The van der Waals surface area contributed by atoms with Crippen molar-refractivity contribution < 1.29 is 4.79 Å². The SMILES string of the molecule is CCc1ccc([C@H](C)CC(=O)Cl)cc1. The van der Waals surface area contributed by atoms with Crippen molar-refractivity contribution in [3.63, 3.8) is 0 Å². The molecule has 0 fully saturated rings. The van der Waals surface area contributed by atoms with Crippen LogP contribution in [-0.2, 0) is 11.2 Å². The predicted octanol–water partition coefficient (Wildman–Crippen LogP) is 3.51. The Hall–Kier alpha value is -0.820. The van der Waals surface area contributed by atoms with E-state index >= 15 is 0 Å². The summed E-state index contributed by atoms with van der Waals surface area (Å²) in [5.41, 5.74) is 2.49. The van der Waals surface area contributed by atoms with Crippen molar-refractivity contribution in [1.29, 1.82) is 0 Å². The van der Waals surface area contributed by atoms with Crippen LogP contribution in [0.1, 0.15) is 37.3 Å². The van der Waals surface area contributed by atoms with Crippen molar-refractivity contribution in [2.45, 2.75) is 32.6 Å². The lowest BCUT2D eigenvalue weighted by molar-refractivity contribution is -0.111. The lowest BCUT2D eigenvalue weighted by Gasteiger charge is -2.09. The van der Waals surface area contributed by atoms with E-state index in [4.69, 9.17) is 11.6 Å². The van der Waals surface area contributed by atoms with E-state index in [0.29, 0.717) is 6.42 Å². The highest BCUT2D eigenvalue weighted by Gasteiger charge is 2.08. The molecule has 0 aliphatic rings. The molecule has 0 aliphatic heterocycles. The van der Waals surface area contributed by atoms with Gasteiger partial charge in [0, 0.05) is 6.42 Å². The number of benzene rings is 1.